The van der Waals surface area contributed by atoms with Crippen LogP contribution in [0.25, 0.3) is 0 Å². The van der Waals surface area contributed by atoms with E-state index in [1.165, 1.54) is 0 Å². The number of aliphatic carboxylic acids is 1. The molecule has 0 aliphatic rings. The predicted molar refractivity (Wildman–Crippen MR) is 76.2 cm³/mol. The van der Waals surface area contributed by atoms with Crippen LogP contribution in [0.4, 0.5) is 0 Å². The van der Waals surface area contributed by atoms with Gasteiger partial charge in [0.1, 0.15) is 6.04 Å². The Morgan fingerprint density at radius 3 is 2.47 bits per heavy atom. The van der Waals surface area contributed by atoms with Gasteiger partial charge in [-0.15, -0.1) is 0 Å². The Kier molecular flexibility index (Phi) is 6.38. The fraction of sp³-hybridized carbons (Fsp3) is 0.385. The van der Waals surface area contributed by atoms with Gasteiger partial charge in [-0.05, 0) is 18.4 Å². The van der Waals surface area contributed by atoms with Gasteiger partial charge in [0, 0.05) is 5.75 Å². The third-order valence-corrected chi connectivity index (χ3v) is 3.11. The quantitative estimate of drug-likeness (QED) is 0.546. The molecular formula is C13H18N2O3S. The molecule has 0 saturated heterocycles. The molecule has 0 radical (unpaired) electrons. The molecule has 0 fully saturated rings. The minimum atomic E-state index is -1.06. The molecule has 4 N–H and O–H groups in total. The SMILES string of the molecule is NC(CS)C(=O)NC(CCc1ccccc1)C(=O)O. The monoisotopic (exact) mass is 282 g/mol. The Morgan fingerprint density at radius 2 is 1.95 bits per heavy atom. The highest BCUT2D eigenvalue weighted by atomic mass is 32.1. The number of hydrogen-bond donors (Lipinski definition) is 4. The Hall–Kier alpha value is -1.53. The number of benzene rings is 1. The molecule has 1 aromatic rings. The Labute approximate surface area is 117 Å². The number of carboxylic acid groups (broad SMARTS) is 1. The van der Waals surface area contributed by atoms with Crippen LogP contribution in [0.2, 0.25) is 0 Å². The first-order chi connectivity index (χ1) is 9.04. The lowest BCUT2D eigenvalue weighted by Gasteiger charge is -2.16. The molecule has 1 aromatic carbocycles. The van der Waals surface area contributed by atoms with Crippen LogP contribution in [-0.2, 0) is 16.0 Å². The fourth-order valence-corrected chi connectivity index (χ4v) is 1.74. The number of hydrogen-bond acceptors (Lipinski definition) is 4. The van der Waals surface area contributed by atoms with E-state index in [-0.39, 0.29) is 5.75 Å². The van der Waals surface area contributed by atoms with E-state index < -0.39 is 24.0 Å². The van der Waals surface area contributed by atoms with Crippen molar-refractivity contribution in [3.05, 3.63) is 35.9 Å². The standard InChI is InChI=1S/C13H18N2O3S/c14-10(8-19)12(16)15-11(13(17)18)7-6-9-4-2-1-3-5-9/h1-5,10-11,19H,6-8,14H2,(H,15,16)(H,17,18). The highest BCUT2D eigenvalue weighted by Crippen LogP contribution is 2.05. The second-order valence-electron chi connectivity index (χ2n) is 4.21. The smallest absolute Gasteiger partial charge is 0.326 e. The average molecular weight is 282 g/mol. The van der Waals surface area contributed by atoms with E-state index in [2.05, 4.69) is 17.9 Å². The van der Waals surface area contributed by atoms with Gasteiger partial charge in [0.25, 0.3) is 0 Å². The summed E-state index contributed by atoms with van der Waals surface area (Å²) in [6.07, 6.45) is 0.901. The molecule has 1 amide bonds. The third kappa shape index (κ3) is 5.32. The van der Waals surface area contributed by atoms with Gasteiger partial charge in [0.15, 0.2) is 0 Å². The van der Waals surface area contributed by atoms with Crippen molar-refractivity contribution in [3.63, 3.8) is 0 Å². The van der Waals surface area contributed by atoms with Crippen molar-refractivity contribution in [3.8, 4) is 0 Å². The van der Waals surface area contributed by atoms with Crippen molar-refractivity contribution in [2.24, 2.45) is 5.73 Å². The van der Waals surface area contributed by atoms with Crippen LogP contribution in [-0.4, -0.2) is 34.8 Å². The highest BCUT2D eigenvalue weighted by Gasteiger charge is 2.22. The molecule has 104 valence electrons. The first-order valence-corrected chi connectivity index (χ1v) is 6.61. The van der Waals surface area contributed by atoms with Crippen LogP contribution in [0, 0.1) is 0 Å². The molecule has 0 bridgehead atoms. The summed E-state index contributed by atoms with van der Waals surface area (Å²) in [5, 5.41) is 11.5. The summed E-state index contributed by atoms with van der Waals surface area (Å²) < 4.78 is 0. The molecule has 19 heavy (non-hydrogen) atoms. The number of nitrogens with one attached hydrogen (secondary N) is 1. The lowest BCUT2D eigenvalue weighted by atomic mass is 10.1. The molecule has 0 aliphatic heterocycles. The zero-order valence-corrected chi connectivity index (χ0v) is 11.3. The topological polar surface area (TPSA) is 92.4 Å². The van der Waals surface area contributed by atoms with Crippen molar-refractivity contribution < 1.29 is 14.7 Å². The van der Waals surface area contributed by atoms with Gasteiger partial charge in [-0.2, -0.15) is 12.6 Å². The summed E-state index contributed by atoms with van der Waals surface area (Å²) in [5.41, 5.74) is 6.52. The molecule has 0 aliphatic carbocycles. The molecule has 6 heteroatoms. The number of aryl methyl sites for hydroxylation is 1. The maximum atomic E-state index is 11.6. The maximum absolute atomic E-state index is 11.6. The minimum absolute atomic E-state index is 0.177. The molecule has 1 rings (SSSR count). The summed E-state index contributed by atoms with van der Waals surface area (Å²) in [6, 6.07) is 7.79. The number of carboxylic acids is 1. The number of carbonyl (C=O) groups is 2. The lowest BCUT2D eigenvalue weighted by Crippen LogP contribution is -2.49. The van der Waals surface area contributed by atoms with Crippen molar-refractivity contribution >= 4 is 24.5 Å². The normalized spacial score (nSPS) is 13.6. The fourth-order valence-electron chi connectivity index (χ4n) is 1.57. The van der Waals surface area contributed by atoms with Gasteiger partial charge in [0.2, 0.25) is 5.91 Å². The van der Waals surface area contributed by atoms with Crippen LogP contribution < -0.4 is 11.1 Å². The zero-order chi connectivity index (χ0) is 14.3. The summed E-state index contributed by atoms with van der Waals surface area (Å²) in [4.78, 5) is 22.6. The molecule has 2 atom stereocenters. The molecule has 0 spiro atoms. The second-order valence-corrected chi connectivity index (χ2v) is 4.58. The molecule has 5 nitrogen and oxygen atoms in total. The number of thiol groups is 1. The van der Waals surface area contributed by atoms with Gasteiger partial charge in [-0.3, -0.25) is 4.79 Å². The molecule has 0 saturated carbocycles. The summed E-state index contributed by atoms with van der Waals surface area (Å²) in [7, 11) is 0. The Morgan fingerprint density at radius 1 is 1.32 bits per heavy atom. The van der Waals surface area contributed by atoms with Gasteiger partial charge >= 0.3 is 5.97 Å². The van der Waals surface area contributed by atoms with E-state index in [1.54, 1.807) is 0 Å². The number of carbonyl (C=O) groups excluding carboxylic acids is 1. The molecule has 0 aromatic heterocycles. The Balaban J connectivity index is 2.54. The van der Waals surface area contributed by atoms with E-state index in [1.807, 2.05) is 30.3 Å². The maximum Gasteiger partial charge on any atom is 0.326 e. The van der Waals surface area contributed by atoms with E-state index in [0.29, 0.717) is 12.8 Å². The minimum Gasteiger partial charge on any atom is -0.480 e. The van der Waals surface area contributed by atoms with E-state index in [4.69, 9.17) is 10.8 Å². The van der Waals surface area contributed by atoms with Gasteiger partial charge in [0.05, 0.1) is 6.04 Å². The molecule has 2 unspecified atom stereocenters. The summed E-state index contributed by atoms with van der Waals surface area (Å²) >= 11 is 3.91. The molecule has 0 heterocycles. The molecular weight excluding hydrogens is 264 g/mol. The van der Waals surface area contributed by atoms with Crippen molar-refractivity contribution in [2.75, 3.05) is 5.75 Å². The number of amides is 1. The summed E-state index contributed by atoms with van der Waals surface area (Å²) in [6.45, 7) is 0. The van der Waals surface area contributed by atoms with Gasteiger partial charge < -0.3 is 16.2 Å². The predicted octanol–water partition coefficient (Wildman–Crippen LogP) is 0.446. The average Bonchev–Trinajstić information content (AvgIpc) is 2.42. The van der Waals surface area contributed by atoms with Crippen LogP contribution in [0.3, 0.4) is 0 Å². The van der Waals surface area contributed by atoms with Crippen molar-refractivity contribution in [1.82, 2.24) is 5.32 Å². The number of rotatable bonds is 7. The zero-order valence-electron chi connectivity index (χ0n) is 10.5. The largest absolute Gasteiger partial charge is 0.480 e. The third-order valence-electron chi connectivity index (χ3n) is 2.71. The second kappa shape index (κ2) is 7.81. The van der Waals surface area contributed by atoms with E-state index >= 15 is 0 Å². The van der Waals surface area contributed by atoms with Crippen molar-refractivity contribution in [2.45, 2.75) is 24.9 Å². The van der Waals surface area contributed by atoms with Crippen molar-refractivity contribution in [1.29, 1.82) is 0 Å². The summed E-state index contributed by atoms with van der Waals surface area (Å²) in [5.74, 6) is -1.37. The number of nitrogens with two attached hydrogens (primary N) is 1. The van der Waals surface area contributed by atoms with Gasteiger partial charge in [-0.1, -0.05) is 30.3 Å². The van der Waals surface area contributed by atoms with E-state index in [0.717, 1.165) is 5.56 Å². The first-order valence-electron chi connectivity index (χ1n) is 5.98. The van der Waals surface area contributed by atoms with E-state index in [9.17, 15) is 9.59 Å². The lowest BCUT2D eigenvalue weighted by molar-refractivity contribution is -0.142. The first kappa shape index (κ1) is 15.5. The highest BCUT2D eigenvalue weighted by molar-refractivity contribution is 7.80. The Bertz CT molecular complexity index is 425. The van der Waals surface area contributed by atoms with Crippen LogP contribution in [0.15, 0.2) is 30.3 Å². The van der Waals surface area contributed by atoms with Crippen LogP contribution in [0.1, 0.15) is 12.0 Å². The van der Waals surface area contributed by atoms with Crippen LogP contribution in [0.5, 0.6) is 0 Å². The van der Waals surface area contributed by atoms with Gasteiger partial charge in [-0.25, -0.2) is 4.79 Å². The van der Waals surface area contributed by atoms with Crippen LogP contribution >= 0.6 is 12.6 Å².